The Labute approximate surface area is 194 Å². The minimum atomic E-state index is -0.978. The quantitative estimate of drug-likeness (QED) is 0.399. The first kappa shape index (κ1) is 21.5. The van der Waals surface area contributed by atoms with E-state index in [-0.39, 0.29) is 11.9 Å². The molecular formula is C26H30N4O3. The molecule has 172 valence electrons. The number of hydrogen-bond donors (Lipinski definition) is 1. The molecule has 1 N–H and O–H groups in total. The average Bonchev–Trinajstić information content (AvgIpc) is 3.50. The lowest BCUT2D eigenvalue weighted by atomic mass is 9.81. The smallest absolute Gasteiger partial charge is 0.328 e. The summed E-state index contributed by atoms with van der Waals surface area (Å²) in [7, 11) is 1.64. The van der Waals surface area contributed by atoms with Crippen LogP contribution in [-0.4, -0.2) is 70.4 Å². The summed E-state index contributed by atoms with van der Waals surface area (Å²) in [5.41, 5.74) is 2.58. The van der Waals surface area contributed by atoms with Crippen LogP contribution in [0.3, 0.4) is 0 Å². The van der Waals surface area contributed by atoms with Gasteiger partial charge in [0.15, 0.2) is 0 Å². The van der Waals surface area contributed by atoms with E-state index >= 15 is 0 Å². The van der Waals surface area contributed by atoms with Gasteiger partial charge in [0.1, 0.15) is 11.3 Å². The SMILES string of the molecule is C=CC(=C)[C@@H]1c2[nH]c3ccc(OC)cc3c2C[C@@]2(C)C(=O)N(CCCN3CC=CC3)C(=O)N12. The fourth-order valence-corrected chi connectivity index (χ4v) is 5.47. The molecule has 3 aliphatic rings. The van der Waals surface area contributed by atoms with Crippen LogP contribution in [0.25, 0.3) is 10.9 Å². The zero-order valence-corrected chi connectivity index (χ0v) is 19.3. The van der Waals surface area contributed by atoms with Crippen molar-refractivity contribution in [2.75, 3.05) is 33.3 Å². The Kier molecular flexibility index (Phi) is 5.16. The monoisotopic (exact) mass is 446 g/mol. The summed E-state index contributed by atoms with van der Waals surface area (Å²) in [6.45, 7) is 13.1. The highest BCUT2D eigenvalue weighted by Gasteiger charge is 2.59. The van der Waals surface area contributed by atoms with Crippen LogP contribution >= 0.6 is 0 Å². The number of carbonyl (C=O) groups excluding carboxylic acids is 2. The van der Waals surface area contributed by atoms with Crippen LogP contribution in [0.2, 0.25) is 0 Å². The summed E-state index contributed by atoms with van der Waals surface area (Å²) in [4.78, 5) is 36.3. The highest BCUT2D eigenvalue weighted by Crippen LogP contribution is 2.49. The maximum Gasteiger partial charge on any atom is 0.328 e. The lowest BCUT2D eigenvalue weighted by Gasteiger charge is -2.42. The molecule has 0 radical (unpaired) electrons. The summed E-state index contributed by atoms with van der Waals surface area (Å²) >= 11 is 0. The Bertz CT molecular complexity index is 1190. The van der Waals surface area contributed by atoms with Gasteiger partial charge in [-0.2, -0.15) is 0 Å². The van der Waals surface area contributed by atoms with Crippen LogP contribution in [0, 0.1) is 0 Å². The second-order valence-corrected chi connectivity index (χ2v) is 9.25. The molecule has 0 bridgehead atoms. The molecule has 0 spiro atoms. The first-order valence-electron chi connectivity index (χ1n) is 11.4. The van der Waals surface area contributed by atoms with Crippen molar-refractivity contribution in [1.29, 1.82) is 0 Å². The van der Waals surface area contributed by atoms with E-state index in [1.54, 1.807) is 18.1 Å². The fourth-order valence-electron chi connectivity index (χ4n) is 5.47. The number of nitrogens with one attached hydrogen (secondary N) is 1. The Morgan fingerprint density at radius 3 is 2.73 bits per heavy atom. The molecule has 7 heteroatoms. The normalized spacial score (nSPS) is 24.5. The third-order valence-corrected chi connectivity index (χ3v) is 7.24. The highest BCUT2D eigenvalue weighted by atomic mass is 16.5. The molecule has 1 aromatic carbocycles. The molecule has 3 aliphatic heterocycles. The van der Waals surface area contributed by atoms with E-state index < -0.39 is 11.6 Å². The average molecular weight is 447 g/mol. The summed E-state index contributed by atoms with van der Waals surface area (Å²) in [6, 6.07) is 5.13. The van der Waals surface area contributed by atoms with Crippen molar-refractivity contribution in [3.63, 3.8) is 0 Å². The third kappa shape index (κ3) is 3.22. The van der Waals surface area contributed by atoms with Gasteiger partial charge in [0.2, 0.25) is 0 Å². The zero-order valence-electron chi connectivity index (χ0n) is 19.3. The highest BCUT2D eigenvalue weighted by molar-refractivity contribution is 6.08. The topological polar surface area (TPSA) is 68.9 Å². The number of hydrogen-bond acceptors (Lipinski definition) is 4. The molecule has 1 saturated heterocycles. The van der Waals surface area contributed by atoms with Gasteiger partial charge in [-0.25, -0.2) is 4.79 Å². The number of nitrogens with zero attached hydrogens (tertiary/aromatic N) is 3. The van der Waals surface area contributed by atoms with E-state index in [1.165, 1.54) is 4.90 Å². The molecule has 1 aromatic heterocycles. The molecule has 4 heterocycles. The van der Waals surface area contributed by atoms with Gasteiger partial charge >= 0.3 is 6.03 Å². The van der Waals surface area contributed by atoms with Crippen LogP contribution in [0.15, 0.2) is 55.2 Å². The van der Waals surface area contributed by atoms with Gasteiger partial charge in [0, 0.05) is 49.2 Å². The lowest BCUT2D eigenvalue weighted by molar-refractivity contribution is -0.133. The number of aromatic amines is 1. The molecule has 0 aliphatic carbocycles. The maximum absolute atomic E-state index is 13.7. The van der Waals surface area contributed by atoms with Gasteiger partial charge < -0.3 is 9.72 Å². The molecule has 0 unspecified atom stereocenters. The summed E-state index contributed by atoms with van der Waals surface area (Å²) in [5, 5.41) is 1.01. The Morgan fingerprint density at radius 2 is 2.03 bits per heavy atom. The number of imide groups is 1. The minimum Gasteiger partial charge on any atom is -0.497 e. The van der Waals surface area contributed by atoms with Crippen molar-refractivity contribution >= 4 is 22.8 Å². The molecule has 5 rings (SSSR count). The second kappa shape index (κ2) is 7.92. The minimum absolute atomic E-state index is 0.142. The van der Waals surface area contributed by atoms with E-state index in [0.29, 0.717) is 18.5 Å². The number of carbonyl (C=O) groups is 2. The molecule has 1 fully saturated rings. The Hall–Kier alpha value is -3.32. The van der Waals surface area contributed by atoms with Crippen LogP contribution < -0.4 is 4.74 Å². The van der Waals surface area contributed by atoms with Crippen LogP contribution in [-0.2, 0) is 11.2 Å². The second-order valence-electron chi connectivity index (χ2n) is 9.25. The number of rotatable bonds is 7. The van der Waals surface area contributed by atoms with Gasteiger partial charge in [-0.15, -0.1) is 0 Å². The molecule has 0 saturated carbocycles. The third-order valence-electron chi connectivity index (χ3n) is 7.24. The van der Waals surface area contributed by atoms with Crippen molar-refractivity contribution in [3.05, 3.63) is 66.4 Å². The largest absolute Gasteiger partial charge is 0.497 e. The standard InChI is InChI=1S/C26H30N4O3/c1-5-17(2)23-22-20(19-15-18(33-4)9-10-21(19)27-22)16-26(3)24(31)29(25(32)30(23)26)14-8-13-28-11-6-7-12-28/h5-7,9-10,15,23,27H,1-2,8,11-14,16H2,3-4H3/t23-,26+/m1/s1. The molecule has 2 atom stereocenters. The van der Waals surface area contributed by atoms with E-state index in [2.05, 4.69) is 35.2 Å². The van der Waals surface area contributed by atoms with Crippen molar-refractivity contribution in [1.82, 2.24) is 19.7 Å². The van der Waals surface area contributed by atoms with Crippen molar-refractivity contribution in [2.45, 2.75) is 31.3 Å². The van der Waals surface area contributed by atoms with Gasteiger partial charge in [0.25, 0.3) is 5.91 Å². The van der Waals surface area contributed by atoms with Crippen LogP contribution in [0.5, 0.6) is 5.75 Å². The van der Waals surface area contributed by atoms with E-state index in [0.717, 1.165) is 54.0 Å². The predicted octanol–water partition coefficient (Wildman–Crippen LogP) is 3.80. The summed E-state index contributed by atoms with van der Waals surface area (Å²) in [6.07, 6.45) is 7.15. The number of amides is 3. The number of ether oxygens (including phenoxy) is 1. The number of aromatic nitrogens is 1. The molecule has 3 amide bonds. The van der Waals surface area contributed by atoms with E-state index in [9.17, 15) is 9.59 Å². The first-order valence-corrected chi connectivity index (χ1v) is 11.4. The first-order chi connectivity index (χ1) is 15.9. The maximum atomic E-state index is 13.7. The van der Waals surface area contributed by atoms with E-state index in [1.807, 2.05) is 25.1 Å². The summed E-state index contributed by atoms with van der Waals surface area (Å²) in [5.74, 6) is 0.611. The number of H-pyrrole nitrogens is 1. The van der Waals surface area contributed by atoms with E-state index in [4.69, 9.17) is 4.74 Å². The molecule has 2 aromatic rings. The summed E-state index contributed by atoms with van der Waals surface area (Å²) < 4.78 is 5.44. The number of benzene rings is 1. The molecule has 33 heavy (non-hydrogen) atoms. The molecule has 7 nitrogen and oxygen atoms in total. The van der Waals surface area contributed by atoms with Crippen molar-refractivity contribution in [2.24, 2.45) is 0 Å². The fraction of sp³-hybridized carbons (Fsp3) is 0.385. The van der Waals surface area contributed by atoms with Gasteiger partial charge in [-0.05, 0) is 42.7 Å². The Morgan fingerprint density at radius 1 is 1.27 bits per heavy atom. The molecular weight excluding hydrogens is 416 g/mol. The van der Waals surface area contributed by atoms with Crippen LogP contribution in [0.4, 0.5) is 4.79 Å². The van der Waals surface area contributed by atoms with Crippen molar-refractivity contribution in [3.8, 4) is 5.75 Å². The number of urea groups is 1. The van der Waals surface area contributed by atoms with Crippen molar-refractivity contribution < 1.29 is 14.3 Å². The van der Waals surface area contributed by atoms with Gasteiger partial charge in [0.05, 0.1) is 13.2 Å². The lowest BCUT2D eigenvalue weighted by Crippen LogP contribution is -2.53. The number of methoxy groups -OCH3 is 1. The zero-order chi connectivity index (χ0) is 23.3. The Balaban J connectivity index is 1.52. The van der Waals surface area contributed by atoms with Gasteiger partial charge in [-0.3, -0.25) is 19.5 Å². The number of fused-ring (bicyclic) bond motifs is 4. The van der Waals surface area contributed by atoms with Gasteiger partial charge in [-0.1, -0.05) is 31.4 Å². The predicted molar refractivity (Wildman–Crippen MR) is 128 cm³/mol. The van der Waals surface area contributed by atoms with Crippen LogP contribution in [0.1, 0.15) is 30.6 Å².